The third-order valence-corrected chi connectivity index (χ3v) is 5.98. The van der Waals surface area contributed by atoms with Crippen molar-refractivity contribution in [2.75, 3.05) is 5.75 Å². The minimum atomic E-state index is -0.0846. The first-order valence-corrected chi connectivity index (χ1v) is 10.3. The van der Waals surface area contributed by atoms with E-state index >= 15 is 0 Å². The molecule has 0 spiro atoms. The smallest absolute Gasteiger partial charge is 0.240 e. The quantitative estimate of drug-likeness (QED) is 0.353. The number of hydrogen-bond donors (Lipinski definition) is 1. The number of amides is 1. The van der Waals surface area contributed by atoms with E-state index in [2.05, 4.69) is 40.9 Å². The predicted molar refractivity (Wildman–Crippen MR) is 114 cm³/mol. The number of hydrazone groups is 1. The van der Waals surface area contributed by atoms with Gasteiger partial charge in [-0.2, -0.15) is 5.10 Å². The fourth-order valence-electron chi connectivity index (χ4n) is 3.40. The van der Waals surface area contributed by atoms with Crippen molar-refractivity contribution in [1.29, 1.82) is 0 Å². The maximum atomic E-state index is 12.0. The number of aryl methyl sites for hydroxylation is 2. The van der Waals surface area contributed by atoms with Gasteiger partial charge in [0.1, 0.15) is 0 Å². The summed E-state index contributed by atoms with van der Waals surface area (Å²) in [7, 11) is 0. The molecule has 5 heteroatoms. The highest BCUT2D eigenvalue weighted by Gasteiger charge is 2.14. The van der Waals surface area contributed by atoms with Crippen molar-refractivity contribution in [2.24, 2.45) is 5.10 Å². The Balaban J connectivity index is 1.33. The van der Waals surface area contributed by atoms with E-state index in [4.69, 9.17) is 11.6 Å². The summed E-state index contributed by atoms with van der Waals surface area (Å²) in [5.41, 5.74) is 6.48. The van der Waals surface area contributed by atoms with Gasteiger partial charge in [-0.3, -0.25) is 4.79 Å². The Bertz CT molecular complexity index is 1000. The van der Waals surface area contributed by atoms with E-state index in [-0.39, 0.29) is 5.91 Å². The van der Waals surface area contributed by atoms with Gasteiger partial charge in [0.15, 0.2) is 0 Å². The molecule has 0 aromatic heterocycles. The van der Waals surface area contributed by atoms with Gasteiger partial charge in [0, 0.05) is 27.7 Å². The number of carbonyl (C=O) groups excluding carboxylic acids is 1. The van der Waals surface area contributed by atoms with Crippen molar-refractivity contribution < 1.29 is 4.79 Å². The number of rotatable bonds is 6. The van der Waals surface area contributed by atoms with Gasteiger partial charge in [-0.15, -0.1) is 11.8 Å². The fourth-order valence-corrected chi connectivity index (χ4v) is 4.38. The largest absolute Gasteiger partial charge is 0.273 e. The van der Waals surface area contributed by atoms with Crippen LogP contribution < -0.4 is 5.43 Å². The molecule has 0 saturated heterocycles. The monoisotopic (exact) mass is 394 g/mol. The first kappa shape index (κ1) is 18.1. The molecule has 0 radical (unpaired) electrons. The minimum absolute atomic E-state index is 0.0846. The first-order chi connectivity index (χ1) is 13.2. The van der Waals surface area contributed by atoms with Crippen LogP contribution in [0, 0.1) is 0 Å². The Morgan fingerprint density at radius 3 is 2.67 bits per heavy atom. The molecule has 1 aliphatic rings. The summed E-state index contributed by atoms with van der Waals surface area (Å²) in [4.78, 5) is 13.1. The van der Waals surface area contributed by atoms with Gasteiger partial charge in [-0.25, -0.2) is 5.43 Å². The first-order valence-electron chi connectivity index (χ1n) is 8.94. The fraction of sp³-hybridized carbons (Fsp3) is 0.182. The van der Waals surface area contributed by atoms with Crippen LogP contribution in [0.2, 0.25) is 5.02 Å². The third-order valence-electron chi connectivity index (χ3n) is 4.71. The molecule has 1 amide bonds. The Morgan fingerprint density at radius 1 is 1.07 bits per heavy atom. The lowest BCUT2D eigenvalue weighted by Crippen LogP contribution is -2.17. The molecule has 1 aliphatic carbocycles. The second-order valence-corrected chi connectivity index (χ2v) is 8.10. The lowest BCUT2D eigenvalue weighted by atomic mass is 10.0. The molecular formula is C22H19ClN2OS. The van der Waals surface area contributed by atoms with E-state index in [1.165, 1.54) is 21.9 Å². The number of hydrogen-bond acceptors (Lipinski definition) is 3. The van der Waals surface area contributed by atoms with E-state index in [0.717, 1.165) is 28.3 Å². The van der Waals surface area contributed by atoms with E-state index in [0.29, 0.717) is 12.2 Å². The van der Waals surface area contributed by atoms with Crippen molar-refractivity contribution in [2.45, 2.75) is 24.2 Å². The van der Waals surface area contributed by atoms with Crippen molar-refractivity contribution >= 4 is 46.3 Å². The van der Waals surface area contributed by atoms with Gasteiger partial charge in [-0.05, 0) is 59.0 Å². The van der Waals surface area contributed by atoms with E-state index in [9.17, 15) is 4.79 Å². The molecule has 4 rings (SSSR count). The standard InChI is InChI=1S/C22H19ClN2OS/c23-18-8-10-19(11-9-18)27-13-12-21(26)25-24-14-17-7-6-16-5-4-15-2-1-3-20(17)22(15)16/h1-3,6-11,14H,4-5,12-13H2,(H,25,26). The van der Waals surface area contributed by atoms with Crippen molar-refractivity contribution in [3.8, 4) is 0 Å². The third kappa shape index (κ3) is 4.18. The summed E-state index contributed by atoms with van der Waals surface area (Å²) in [5.74, 6) is 0.614. The molecule has 0 saturated carbocycles. The highest BCUT2D eigenvalue weighted by molar-refractivity contribution is 7.99. The normalized spacial score (nSPS) is 12.8. The number of nitrogens with one attached hydrogen (secondary N) is 1. The summed E-state index contributed by atoms with van der Waals surface area (Å²) in [6.07, 6.45) is 4.37. The van der Waals surface area contributed by atoms with Crippen molar-refractivity contribution in [3.63, 3.8) is 0 Å². The Morgan fingerprint density at radius 2 is 1.85 bits per heavy atom. The van der Waals surface area contributed by atoms with E-state index in [1.54, 1.807) is 18.0 Å². The van der Waals surface area contributed by atoms with Crippen LogP contribution in [0.5, 0.6) is 0 Å². The van der Waals surface area contributed by atoms with Crippen LogP contribution in [-0.2, 0) is 17.6 Å². The molecule has 0 heterocycles. The zero-order valence-electron chi connectivity index (χ0n) is 14.7. The van der Waals surface area contributed by atoms with Gasteiger partial charge >= 0.3 is 0 Å². The van der Waals surface area contributed by atoms with Crippen LogP contribution in [0.15, 0.2) is 64.6 Å². The molecular weight excluding hydrogens is 376 g/mol. The van der Waals surface area contributed by atoms with Crippen LogP contribution >= 0.6 is 23.4 Å². The number of benzene rings is 3. The molecule has 27 heavy (non-hydrogen) atoms. The number of nitrogens with zero attached hydrogens (tertiary/aromatic N) is 1. The summed E-state index contributed by atoms with van der Waals surface area (Å²) >= 11 is 7.50. The molecule has 3 nitrogen and oxygen atoms in total. The summed E-state index contributed by atoms with van der Waals surface area (Å²) in [5, 5.41) is 7.44. The zero-order valence-corrected chi connectivity index (χ0v) is 16.3. The van der Waals surface area contributed by atoms with Gasteiger partial charge in [0.2, 0.25) is 5.91 Å². The van der Waals surface area contributed by atoms with Crippen LogP contribution in [0.25, 0.3) is 10.8 Å². The maximum Gasteiger partial charge on any atom is 0.240 e. The molecule has 0 unspecified atom stereocenters. The van der Waals surface area contributed by atoms with Crippen molar-refractivity contribution in [3.05, 3.63) is 76.3 Å². The van der Waals surface area contributed by atoms with Crippen LogP contribution in [0.1, 0.15) is 23.1 Å². The number of carbonyl (C=O) groups is 1. The van der Waals surface area contributed by atoms with Gasteiger partial charge < -0.3 is 0 Å². The molecule has 0 atom stereocenters. The van der Waals surface area contributed by atoms with Crippen LogP contribution in [0.4, 0.5) is 0 Å². The zero-order chi connectivity index (χ0) is 18.6. The van der Waals surface area contributed by atoms with E-state index in [1.807, 2.05) is 24.3 Å². The van der Waals surface area contributed by atoms with Gasteiger partial charge in [-0.1, -0.05) is 41.9 Å². The molecule has 1 N–H and O–H groups in total. The highest BCUT2D eigenvalue weighted by Crippen LogP contribution is 2.32. The molecule has 0 bridgehead atoms. The average molecular weight is 395 g/mol. The van der Waals surface area contributed by atoms with Gasteiger partial charge in [0.25, 0.3) is 0 Å². The second kappa shape index (κ2) is 8.15. The summed E-state index contributed by atoms with van der Waals surface area (Å²) in [6, 6.07) is 18.3. The minimum Gasteiger partial charge on any atom is -0.273 e. The average Bonchev–Trinajstić information content (AvgIpc) is 3.10. The SMILES string of the molecule is O=C(CCSc1ccc(Cl)cc1)NN=Cc1ccc2c3c(cccc13)CC2. The molecule has 3 aromatic carbocycles. The molecule has 0 fully saturated rings. The maximum absolute atomic E-state index is 12.0. The van der Waals surface area contributed by atoms with E-state index < -0.39 is 0 Å². The summed E-state index contributed by atoms with van der Waals surface area (Å²) < 4.78 is 0. The topological polar surface area (TPSA) is 41.5 Å². The number of halogens is 1. The van der Waals surface area contributed by atoms with Gasteiger partial charge in [0.05, 0.1) is 6.21 Å². The van der Waals surface area contributed by atoms with Crippen molar-refractivity contribution in [1.82, 2.24) is 5.43 Å². The Labute approximate surface area is 167 Å². The lowest BCUT2D eigenvalue weighted by Gasteiger charge is -2.05. The highest BCUT2D eigenvalue weighted by atomic mass is 35.5. The number of thioether (sulfide) groups is 1. The van der Waals surface area contributed by atoms with Crippen LogP contribution in [-0.4, -0.2) is 17.9 Å². The molecule has 0 aliphatic heterocycles. The lowest BCUT2D eigenvalue weighted by molar-refractivity contribution is -0.120. The Kier molecular flexibility index (Phi) is 5.46. The Hall–Kier alpha value is -2.30. The molecule has 136 valence electrons. The summed E-state index contributed by atoms with van der Waals surface area (Å²) in [6.45, 7) is 0. The molecule has 3 aromatic rings. The second-order valence-electron chi connectivity index (χ2n) is 6.50. The predicted octanol–water partition coefficient (Wildman–Crippen LogP) is 5.22. The van der Waals surface area contributed by atoms with Crippen LogP contribution in [0.3, 0.4) is 0 Å².